The van der Waals surface area contributed by atoms with Gasteiger partial charge >= 0.3 is 0 Å². The molecule has 1 amide bonds. The van der Waals surface area contributed by atoms with Gasteiger partial charge in [-0.3, -0.25) is 15.1 Å². The standard InChI is InChI=1S/C31H38N4O2/c1-2-3-22-37-27-16-14-24(15-17-27)29-28(23-32-33-29)31(36)35-20-18-34(19-21-35)30(25-10-6-4-7-11-25)26-12-8-5-9-13-26/h4-17,28-30,32-33H,2-3,18-23H2,1H3. The van der Waals surface area contributed by atoms with Crippen LogP contribution in [0.25, 0.3) is 0 Å². The predicted octanol–water partition coefficient (Wildman–Crippen LogP) is 4.56. The Balaban J connectivity index is 1.23. The van der Waals surface area contributed by atoms with Crippen molar-refractivity contribution in [2.24, 2.45) is 5.92 Å². The van der Waals surface area contributed by atoms with Crippen molar-refractivity contribution in [2.45, 2.75) is 31.8 Å². The lowest BCUT2D eigenvalue weighted by Gasteiger charge is -2.40. The molecular weight excluding hydrogens is 460 g/mol. The first-order valence-electron chi connectivity index (χ1n) is 13.6. The van der Waals surface area contributed by atoms with E-state index in [0.29, 0.717) is 6.54 Å². The number of hydrazine groups is 1. The highest BCUT2D eigenvalue weighted by Crippen LogP contribution is 2.31. The summed E-state index contributed by atoms with van der Waals surface area (Å²) in [5, 5.41) is 0. The molecule has 3 aromatic rings. The second-order valence-electron chi connectivity index (χ2n) is 9.97. The molecule has 2 aliphatic heterocycles. The molecule has 2 fully saturated rings. The van der Waals surface area contributed by atoms with Gasteiger partial charge in [0.05, 0.1) is 24.6 Å². The average molecular weight is 499 g/mol. The Bertz CT molecular complexity index is 1080. The molecule has 6 nitrogen and oxygen atoms in total. The van der Waals surface area contributed by atoms with Crippen LogP contribution < -0.4 is 15.6 Å². The van der Waals surface area contributed by atoms with Crippen molar-refractivity contribution in [2.75, 3.05) is 39.3 Å². The van der Waals surface area contributed by atoms with Gasteiger partial charge in [-0.15, -0.1) is 0 Å². The van der Waals surface area contributed by atoms with Gasteiger partial charge in [0.25, 0.3) is 0 Å². The molecule has 194 valence electrons. The van der Waals surface area contributed by atoms with Crippen LogP contribution >= 0.6 is 0 Å². The summed E-state index contributed by atoms with van der Waals surface area (Å²) in [4.78, 5) is 18.2. The van der Waals surface area contributed by atoms with Gasteiger partial charge < -0.3 is 9.64 Å². The molecule has 2 N–H and O–H groups in total. The summed E-state index contributed by atoms with van der Waals surface area (Å²) in [5.74, 6) is 0.979. The maximum absolute atomic E-state index is 13.6. The van der Waals surface area contributed by atoms with Gasteiger partial charge in [0.1, 0.15) is 5.75 Å². The number of rotatable bonds is 9. The zero-order valence-electron chi connectivity index (χ0n) is 21.7. The second-order valence-corrected chi connectivity index (χ2v) is 9.97. The van der Waals surface area contributed by atoms with E-state index in [1.54, 1.807) is 0 Å². The fraction of sp³-hybridized carbons (Fsp3) is 0.387. The average Bonchev–Trinajstić information content (AvgIpc) is 3.45. The second kappa shape index (κ2) is 12.4. The van der Waals surface area contributed by atoms with Crippen LogP contribution in [0.1, 0.15) is 48.5 Å². The topological polar surface area (TPSA) is 56.8 Å². The third-order valence-corrected chi connectivity index (χ3v) is 7.53. The largest absolute Gasteiger partial charge is 0.494 e. The van der Waals surface area contributed by atoms with E-state index in [0.717, 1.165) is 56.9 Å². The Hall–Kier alpha value is -3.19. The zero-order chi connectivity index (χ0) is 25.5. The number of nitrogens with one attached hydrogen (secondary N) is 2. The molecular formula is C31H38N4O2. The molecule has 2 unspecified atom stereocenters. The molecule has 0 aromatic heterocycles. The molecule has 37 heavy (non-hydrogen) atoms. The van der Waals surface area contributed by atoms with Crippen molar-refractivity contribution in [1.82, 2.24) is 20.7 Å². The Morgan fingerprint density at radius 1 is 0.892 bits per heavy atom. The lowest BCUT2D eigenvalue weighted by atomic mass is 9.93. The number of carbonyl (C=O) groups excluding carboxylic acids is 1. The first-order valence-corrected chi connectivity index (χ1v) is 13.6. The first-order chi connectivity index (χ1) is 18.2. The van der Waals surface area contributed by atoms with E-state index in [1.807, 2.05) is 12.1 Å². The van der Waals surface area contributed by atoms with E-state index in [2.05, 4.69) is 100 Å². The van der Waals surface area contributed by atoms with Crippen molar-refractivity contribution in [3.63, 3.8) is 0 Å². The summed E-state index contributed by atoms with van der Waals surface area (Å²) in [6.45, 7) is 6.71. The highest BCUT2D eigenvalue weighted by atomic mass is 16.5. The number of amides is 1. The third-order valence-electron chi connectivity index (χ3n) is 7.53. The van der Waals surface area contributed by atoms with Crippen LogP contribution in [0.4, 0.5) is 0 Å². The van der Waals surface area contributed by atoms with Crippen molar-refractivity contribution < 1.29 is 9.53 Å². The summed E-state index contributed by atoms with van der Waals surface area (Å²) >= 11 is 0. The number of unbranched alkanes of at least 4 members (excludes halogenated alkanes) is 1. The van der Waals surface area contributed by atoms with Crippen molar-refractivity contribution in [3.05, 3.63) is 102 Å². The number of piperazine rings is 1. The molecule has 6 heteroatoms. The van der Waals surface area contributed by atoms with Crippen LogP contribution in [0.5, 0.6) is 5.75 Å². The molecule has 2 heterocycles. The maximum Gasteiger partial charge on any atom is 0.229 e. The molecule has 2 saturated heterocycles. The van der Waals surface area contributed by atoms with Gasteiger partial charge in [-0.1, -0.05) is 86.1 Å². The molecule has 3 aromatic carbocycles. The summed E-state index contributed by atoms with van der Waals surface area (Å²) in [7, 11) is 0. The Labute approximate surface area is 220 Å². The maximum atomic E-state index is 13.6. The van der Waals surface area contributed by atoms with E-state index < -0.39 is 0 Å². The molecule has 0 aliphatic carbocycles. The van der Waals surface area contributed by atoms with Crippen molar-refractivity contribution >= 4 is 5.91 Å². The number of ether oxygens (including phenoxy) is 1. The lowest BCUT2D eigenvalue weighted by molar-refractivity contribution is -0.137. The highest BCUT2D eigenvalue weighted by Gasteiger charge is 2.38. The normalized spacial score (nSPS) is 20.3. The predicted molar refractivity (Wildman–Crippen MR) is 147 cm³/mol. The van der Waals surface area contributed by atoms with Crippen LogP contribution in [-0.2, 0) is 4.79 Å². The SMILES string of the molecule is CCCCOc1ccc(C2NNCC2C(=O)N2CCN(C(c3ccccc3)c3ccccc3)CC2)cc1. The van der Waals surface area contributed by atoms with E-state index in [-0.39, 0.29) is 23.9 Å². The monoisotopic (exact) mass is 498 g/mol. The van der Waals surface area contributed by atoms with Gasteiger partial charge in [-0.05, 0) is 35.2 Å². The first kappa shape index (κ1) is 25.5. The van der Waals surface area contributed by atoms with Gasteiger partial charge in [-0.25, -0.2) is 5.43 Å². The van der Waals surface area contributed by atoms with Crippen LogP contribution in [0, 0.1) is 5.92 Å². The van der Waals surface area contributed by atoms with E-state index in [1.165, 1.54) is 11.1 Å². The fourth-order valence-corrected chi connectivity index (χ4v) is 5.47. The minimum absolute atomic E-state index is 0.0448. The number of benzene rings is 3. The van der Waals surface area contributed by atoms with Gasteiger partial charge in [0.2, 0.25) is 5.91 Å². The van der Waals surface area contributed by atoms with Gasteiger partial charge in [0.15, 0.2) is 0 Å². The van der Waals surface area contributed by atoms with Crippen molar-refractivity contribution in [3.8, 4) is 5.75 Å². The lowest BCUT2D eigenvalue weighted by Crippen LogP contribution is -2.52. The molecule has 5 rings (SSSR count). The Morgan fingerprint density at radius 2 is 1.51 bits per heavy atom. The zero-order valence-corrected chi connectivity index (χ0v) is 21.7. The molecule has 2 atom stereocenters. The van der Waals surface area contributed by atoms with Crippen LogP contribution in [-0.4, -0.2) is 55.0 Å². The minimum atomic E-state index is -0.127. The summed E-state index contributed by atoms with van der Waals surface area (Å²) in [6, 6.07) is 29.7. The summed E-state index contributed by atoms with van der Waals surface area (Å²) in [5.41, 5.74) is 10.3. The summed E-state index contributed by atoms with van der Waals surface area (Å²) in [6.07, 6.45) is 2.17. The smallest absolute Gasteiger partial charge is 0.229 e. The third kappa shape index (κ3) is 6.04. The van der Waals surface area contributed by atoms with Crippen LogP contribution in [0.3, 0.4) is 0 Å². The van der Waals surface area contributed by atoms with Gasteiger partial charge in [-0.2, -0.15) is 0 Å². The minimum Gasteiger partial charge on any atom is -0.494 e. The quantitative estimate of drug-likeness (QED) is 0.424. The number of hydrogen-bond donors (Lipinski definition) is 2. The molecule has 0 radical (unpaired) electrons. The van der Waals surface area contributed by atoms with E-state index in [9.17, 15) is 4.79 Å². The summed E-state index contributed by atoms with van der Waals surface area (Å²) < 4.78 is 5.81. The van der Waals surface area contributed by atoms with E-state index in [4.69, 9.17) is 4.74 Å². The number of nitrogens with zero attached hydrogens (tertiary/aromatic N) is 2. The molecule has 0 spiro atoms. The van der Waals surface area contributed by atoms with Crippen molar-refractivity contribution in [1.29, 1.82) is 0 Å². The van der Waals surface area contributed by atoms with Gasteiger partial charge in [0, 0.05) is 32.7 Å². The molecule has 2 aliphatic rings. The molecule has 0 saturated carbocycles. The van der Waals surface area contributed by atoms with Crippen LogP contribution in [0.2, 0.25) is 0 Å². The number of carbonyl (C=O) groups is 1. The van der Waals surface area contributed by atoms with Crippen LogP contribution in [0.15, 0.2) is 84.9 Å². The van der Waals surface area contributed by atoms with E-state index >= 15 is 0 Å². The number of hydrogen-bond acceptors (Lipinski definition) is 5. The fourth-order valence-electron chi connectivity index (χ4n) is 5.47. The Morgan fingerprint density at radius 3 is 2.11 bits per heavy atom. The Kier molecular flexibility index (Phi) is 8.51. The highest BCUT2D eigenvalue weighted by molar-refractivity contribution is 5.80. The molecule has 0 bridgehead atoms.